The molecular formula is C13H9N3O. The average Bonchev–Trinajstić information content (AvgIpc) is 2.91. The molecule has 4 nitrogen and oxygen atoms in total. The number of carbonyl (C=O) groups excluding carboxylic acids is 1. The van der Waals surface area contributed by atoms with Crippen LogP contribution in [0.25, 0.3) is 10.8 Å². The summed E-state index contributed by atoms with van der Waals surface area (Å²) in [5.74, 6) is 0.231. The van der Waals surface area contributed by atoms with Crippen molar-refractivity contribution in [3.63, 3.8) is 0 Å². The Morgan fingerprint density at radius 3 is 2.94 bits per heavy atom. The van der Waals surface area contributed by atoms with Gasteiger partial charge in [-0.05, 0) is 11.5 Å². The van der Waals surface area contributed by atoms with E-state index in [1.54, 1.807) is 30.9 Å². The molecule has 2 heterocycles. The Kier molecular flexibility index (Phi) is 2.19. The third-order valence-corrected chi connectivity index (χ3v) is 2.64. The summed E-state index contributed by atoms with van der Waals surface area (Å²) in [5.41, 5.74) is 0.616. The molecule has 0 aliphatic heterocycles. The van der Waals surface area contributed by atoms with E-state index in [0.717, 1.165) is 10.8 Å². The Morgan fingerprint density at radius 1 is 1.18 bits per heavy atom. The Hall–Kier alpha value is -2.49. The molecule has 0 spiro atoms. The fourth-order valence-corrected chi connectivity index (χ4v) is 1.83. The van der Waals surface area contributed by atoms with Gasteiger partial charge in [-0.2, -0.15) is 0 Å². The molecular weight excluding hydrogens is 214 g/mol. The van der Waals surface area contributed by atoms with E-state index in [1.807, 2.05) is 18.2 Å². The monoisotopic (exact) mass is 223 g/mol. The van der Waals surface area contributed by atoms with Crippen LogP contribution in [-0.2, 0) is 0 Å². The summed E-state index contributed by atoms with van der Waals surface area (Å²) in [7, 11) is 0. The van der Waals surface area contributed by atoms with Crippen LogP contribution in [0.2, 0.25) is 0 Å². The van der Waals surface area contributed by atoms with Crippen molar-refractivity contribution in [2.24, 2.45) is 0 Å². The summed E-state index contributed by atoms with van der Waals surface area (Å²) in [5, 5.41) is 1.84. The van der Waals surface area contributed by atoms with Crippen molar-refractivity contribution in [1.82, 2.24) is 15.0 Å². The third-order valence-electron chi connectivity index (χ3n) is 2.64. The number of fused-ring (bicyclic) bond motifs is 1. The fraction of sp³-hybridized carbons (Fsp3) is 0. The van der Waals surface area contributed by atoms with Crippen molar-refractivity contribution in [1.29, 1.82) is 0 Å². The highest BCUT2D eigenvalue weighted by Gasteiger charge is 2.13. The highest BCUT2D eigenvalue weighted by Crippen LogP contribution is 2.19. The van der Waals surface area contributed by atoms with Crippen molar-refractivity contribution in [3.8, 4) is 0 Å². The first-order valence-corrected chi connectivity index (χ1v) is 5.23. The van der Waals surface area contributed by atoms with Crippen LogP contribution in [0.15, 0.2) is 49.1 Å². The minimum absolute atomic E-state index is 0.117. The molecule has 0 bridgehead atoms. The van der Waals surface area contributed by atoms with Gasteiger partial charge in [0.2, 0.25) is 5.78 Å². The molecule has 0 aliphatic carbocycles. The number of nitrogens with zero attached hydrogens (tertiary/aromatic N) is 2. The molecule has 1 aromatic carbocycles. The molecule has 0 saturated carbocycles. The molecule has 0 fully saturated rings. The molecule has 0 atom stereocenters. The lowest BCUT2D eigenvalue weighted by Crippen LogP contribution is -2.04. The smallest absolute Gasteiger partial charge is 0.228 e. The molecule has 3 rings (SSSR count). The normalized spacial score (nSPS) is 10.6. The largest absolute Gasteiger partial charge is 0.342 e. The highest BCUT2D eigenvalue weighted by molar-refractivity contribution is 6.14. The summed E-state index contributed by atoms with van der Waals surface area (Å²) in [4.78, 5) is 23.0. The average molecular weight is 223 g/mol. The topological polar surface area (TPSA) is 58.6 Å². The number of aromatic amines is 1. The van der Waals surface area contributed by atoms with Gasteiger partial charge in [0.25, 0.3) is 0 Å². The van der Waals surface area contributed by atoms with Crippen molar-refractivity contribution >= 4 is 16.6 Å². The van der Waals surface area contributed by atoms with E-state index in [9.17, 15) is 4.79 Å². The van der Waals surface area contributed by atoms with Gasteiger partial charge < -0.3 is 4.98 Å². The summed E-state index contributed by atoms with van der Waals surface area (Å²) < 4.78 is 0. The van der Waals surface area contributed by atoms with Gasteiger partial charge in [-0.25, -0.2) is 4.98 Å². The number of imidazole rings is 1. The second-order valence-electron chi connectivity index (χ2n) is 3.67. The minimum atomic E-state index is -0.117. The number of nitrogens with one attached hydrogen (secondary N) is 1. The van der Waals surface area contributed by atoms with Crippen LogP contribution < -0.4 is 0 Å². The van der Waals surface area contributed by atoms with Crippen LogP contribution in [0.1, 0.15) is 16.2 Å². The molecule has 0 amide bonds. The van der Waals surface area contributed by atoms with Crippen LogP contribution in [0, 0.1) is 0 Å². The van der Waals surface area contributed by atoms with E-state index in [1.165, 1.54) is 0 Å². The molecule has 0 radical (unpaired) electrons. The standard InChI is InChI=1S/C13H9N3O/c17-12(13-15-6-7-16-13)10-3-1-2-9-4-5-14-8-11(9)10/h1-8H,(H,15,16). The van der Waals surface area contributed by atoms with E-state index >= 15 is 0 Å². The first kappa shape index (κ1) is 9.72. The quantitative estimate of drug-likeness (QED) is 0.677. The van der Waals surface area contributed by atoms with Crippen molar-refractivity contribution < 1.29 is 4.79 Å². The molecule has 4 heteroatoms. The van der Waals surface area contributed by atoms with Crippen LogP contribution in [0.3, 0.4) is 0 Å². The Balaban J connectivity index is 2.21. The van der Waals surface area contributed by atoms with E-state index in [4.69, 9.17) is 0 Å². The number of benzene rings is 1. The third kappa shape index (κ3) is 1.59. The van der Waals surface area contributed by atoms with Crippen molar-refractivity contribution in [2.75, 3.05) is 0 Å². The number of H-pyrrole nitrogens is 1. The molecule has 0 aliphatic rings. The molecule has 1 N–H and O–H groups in total. The van der Waals surface area contributed by atoms with Crippen molar-refractivity contribution in [2.45, 2.75) is 0 Å². The van der Waals surface area contributed by atoms with Crippen LogP contribution in [0.4, 0.5) is 0 Å². The second kappa shape index (κ2) is 3.83. The number of aromatic nitrogens is 3. The number of hydrogen-bond acceptors (Lipinski definition) is 3. The van der Waals surface area contributed by atoms with Gasteiger partial charge in [0.05, 0.1) is 0 Å². The fourth-order valence-electron chi connectivity index (χ4n) is 1.83. The van der Waals surface area contributed by atoms with Gasteiger partial charge in [0.15, 0.2) is 5.82 Å². The predicted octanol–water partition coefficient (Wildman–Crippen LogP) is 2.19. The van der Waals surface area contributed by atoms with Gasteiger partial charge in [-0.3, -0.25) is 9.78 Å². The number of hydrogen-bond donors (Lipinski definition) is 1. The second-order valence-corrected chi connectivity index (χ2v) is 3.67. The molecule has 2 aromatic heterocycles. The Labute approximate surface area is 97.3 Å². The molecule has 0 unspecified atom stereocenters. The van der Waals surface area contributed by atoms with Gasteiger partial charge in [0, 0.05) is 35.7 Å². The van der Waals surface area contributed by atoms with Crippen LogP contribution in [0.5, 0.6) is 0 Å². The first-order valence-electron chi connectivity index (χ1n) is 5.23. The number of ketones is 1. The van der Waals surface area contributed by atoms with E-state index in [-0.39, 0.29) is 5.78 Å². The number of rotatable bonds is 2. The van der Waals surface area contributed by atoms with E-state index in [0.29, 0.717) is 11.4 Å². The van der Waals surface area contributed by atoms with Crippen LogP contribution in [-0.4, -0.2) is 20.7 Å². The maximum Gasteiger partial charge on any atom is 0.228 e. The minimum Gasteiger partial charge on any atom is -0.342 e. The van der Waals surface area contributed by atoms with E-state index < -0.39 is 0 Å². The van der Waals surface area contributed by atoms with E-state index in [2.05, 4.69) is 15.0 Å². The lowest BCUT2D eigenvalue weighted by molar-refractivity contribution is 0.103. The Bertz CT molecular complexity index is 669. The number of pyridine rings is 1. The van der Waals surface area contributed by atoms with Gasteiger partial charge in [-0.1, -0.05) is 18.2 Å². The van der Waals surface area contributed by atoms with Crippen LogP contribution >= 0.6 is 0 Å². The predicted molar refractivity (Wildman–Crippen MR) is 63.8 cm³/mol. The van der Waals surface area contributed by atoms with Gasteiger partial charge in [-0.15, -0.1) is 0 Å². The Morgan fingerprint density at radius 2 is 2.12 bits per heavy atom. The lowest BCUT2D eigenvalue weighted by Gasteiger charge is -2.03. The summed E-state index contributed by atoms with van der Waals surface area (Å²) in [6.07, 6.45) is 6.61. The molecule has 0 saturated heterocycles. The maximum absolute atomic E-state index is 12.2. The lowest BCUT2D eigenvalue weighted by atomic mass is 10.0. The van der Waals surface area contributed by atoms with Gasteiger partial charge >= 0.3 is 0 Å². The molecule has 82 valence electrons. The zero-order chi connectivity index (χ0) is 11.7. The molecule has 17 heavy (non-hydrogen) atoms. The zero-order valence-electron chi connectivity index (χ0n) is 8.92. The maximum atomic E-state index is 12.2. The summed E-state index contributed by atoms with van der Waals surface area (Å²) in [6, 6.07) is 7.48. The SMILES string of the molecule is O=C(c1ncc[nH]1)c1cccc2ccncc12. The number of carbonyl (C=O) groups is 1. The summed E-state index contributed by atoms with van der Waals surface area (Å²) >= 11 is 0. The first-order chi connectivity index (χ1) is 8.36. The van der Waals surface area contributed by atoms with Crippen molar-refractivity contribution in [3.05, 3.63) is 60.4 Å². The van der Waals surface area contributed by atoms with Gasteiger partial charge in [0.1, 0.15) is 0 Å². The summed E-state index contributed by atoms with van der Waals surface area (Å²) in [6.45, 7) is 0. The molecule has 3 aromatic rings. The highest BCUT2D eigenvalue weighted by atomic mass is 16.1. The zero-order valence-corrected chi connectivity index (χ0v) is 8.92.